The third-order valence-corrected chi connectivity index (χ3v) is 6.90. The van der Waals surface area contributed by atoms with Crippen molar-refractivity contribution in [3.63, 3.8) is 0 Å². The third kappa shape index (κ3) is 4.95. The Bertz CT molecular complexity index is 929. The van der Waals surface area contributed by atoms with Crippen LogP contribution in [-0.2, 0) is 14.8 Å². The van der Waals surface area contributed by atoms with Crippen LogP contribution in [0, 0.1) is 5.92 Å². The Labute approximate surface area is 173 Å². The number of rotatable bonds is 4. The highest BCUT2D eigenvalue weighted by Gasteiger charge is 2.33. The Morgan fingerprint density at radius 2 is 1.63 bits per heavy atom. The van der Waals surface area contributed by atoms with E-state index in [1.165, 1.54) is 28.6 Å². The molecule has 144 valence electrons. The quantitative estimate of drug-likeness (QED) is 0.739. The maximum absolute atomic E-state index is 12.8. The monoisotopic (exact) mass is 446 g/mol. The van der Waals surface area contributed by atoms with Crippen LogP contribution in [0.3, 0.4) is 0 Å². The molecule has 1 amide bonds. The Morgan fingerprint density at radius 3 is 2.26 bits per heavy atom. The van der Waals surface area contributed by atoms with Gasteiger partial charge in [0.1, 0.15) is 0 Å². The van der Waals surface area contributed by atoms with E-state index in [4.69, 9.17) is 34.8 Å². The second-order valence-corrected chi connectivity index (χ2v) is 9.55. The molecule has 0 radical (unpaired) electrons. The molecule has 1 saturated heterocycles. The standard InChI is InChI=1S/C18H17Cl3N2O3S/c19-13-3-5-17(6-4-13)27(25,26)23-7-1-2-12(11-23)18(24)22-16-9-14(20)8-15(21)10-16/h3-6,8-10,12H,1-2,7,11H2,(H,22,24). The average molecular weight is 448 g/mol. The van der Waals surface area contributed by atoms with Gasteiger partial charge in [0.15, 0.2) is 0 Å². The normalized spacial score (nSPS) is 18.3. The predicted octanol–water partition coefficient (Wildman–Crippen LogP) is 4.69. The predicted molar refractivity (Wildman–Crippen MR) is 108 cm³/mol. The van der Waals surface area contributed by atoms with Gasteiger partial charge < -0.3 is 5.32 Å². The Kier molecular flexibility index (Phi) is 6.33. The van der Waals surface area contributed by atoms with Crippen molar-refractivity contribution < 1.29 is 13.2 Å². The molecule has 1 aliphatic heterocycles. The van der Waals surface area contributed by atoms with Crippen LogP contribution < -0.4 is 5.32 Å². The minimum Gasteiger partial charge on any atom is -0.326 e. The van der Waals surface area contributed by atoms with Crippen molar-refractivity contribution in [2.24, 2.45) is 5.92 Å². The summed E-state index contributed by atoms with van der Waals surface area (Å²) in [6, 6.07) is 10.8. The number of amides is 1. The molecule has 27 heavy (non-hydrogen) atoms. The summed E-state index contributed by atoms with van der Waals surface area (Å²) in [5.41, 5.74) is 0.482. The van der Waals surface area contributed by atoms with Crippen LogP contribution in [0.5, 0.6) is 0 Å². The molecule has 1 fully saturated rings. The summed E-state index contributed by atoms with van der Waals surface area (Å²) < 4.78 is 27.0. The van der Waals surface area contributed by atoms with Crippen molar-refractivity contribution in [2.45, 2.75) is 17.7 Å². The molecule has 3 rings (SSSR count). The smallest absolute Gasteiger partial charge is 0.243 e. The molecule has 0 spiro atoms. The summed E-state index contributed by atoms with van der Waals surface area (Å²) in [7, 11) is -3.68. The Morgan fingerprint density at radius 1 is 1.00 bits per heavy atom. The molecule has 2 aromatic carbocycles. The van der Waals surface area contributed by atoms with Crippen LogP contribution in [0.1, 0.15) is 12.8 Å². The van der Waals surface area contributed by atoms with Gasteiger partial charge in [0.2, 0.25) is 15.9 Å². The minimum atomic E-state index is -3.68. The zero-order chi connectivity index (χ0) is 19.6. The van der Waals surface area contributed by atoms with Crippen LogP contribution in [0.4, 0.5) is 5.69 Å². The van der Waals surface area contributed by atoms with Gasteiger partial charge in [0, 0.05) is 33.8 Å². The summed E-state index contributed by atoms with van der Waals surface area (Å²) >= 11 is 17.7. The first-order chi connectivity index (χ1) is 12.8. The largest absolute Gasteiger partial charge is 0.326 e. The molecule has 0 saturated carbocycles. The molecule has 0 aliphatic carbocycles. The number of benzene rings is 2. The molecule has 9 heteroatoms. The highest BCUT2D eigenvalue weighted by atomic mass is 35.5. The molecular formula is C18H17Cl3N2O3S. The fourth-order valence-corrected chi connectivity index (χ4v) is 5.18. The number of nitrogens with zero attached hydrogens (tertiary/aromatic N) is 1. The van der Waals surface area contributed by atoms with E-state index < -0.39 is 15.9 Å². The second kappa shape index (κ2) is 8.37. The molecule has 5 nitrogen and oxygen atoms in total. The first-order valence-electron chi connectivity index (χ1n) is 8.28. The van der Waals surface area contributed by atoms with Gasteiger partial charge in [-0.25, -0.2) is 8.42 Å². The van der Waals surface area contributed by atoms with Crippen LogP contribution in [0.2, 0.25) is 15.1 Å². The number of nitrogens with one attached hydrogen (secondary N) is 1. The molecule has 1 aliphatic rings. The van der Waals surface area contributed by atoms with Crippen molar-refractivity contribution in [2.75, 3.05) is 18.4 Å². The van der Waals surface area contributed by atoms with E-state index in [2.05, 4.69) is 5.32 Å². The molecule has 1 unspecified atom stereocenters. The first kappa shape index (κ1) is 20.4. The third-order valence-electron chi connectivity index (χ3n) is 4.34. The number of sulfonamides is 1. The topological polar surface area (TPSA) is 66.5 Å². The molecular weight excluding hydrogens is 431 g/mol. The highest BCUT2D eigenvalue weighted by molar-refractivity contribution is 7.89. The maximum atomic E-state index is 12.8. The fourth-order valence-electron chi connectivity index (χ4n) is 3.00. The summed E-state index contributed by atoms with van der Waals surface area (Å²) in [5.74, 6) is -0.720. The molecule has 0 bridgehead atoms. The number of hydrogen-bond acceptors (Lipinski definition) is 3. The Hall–Kier alpha value is -1.31. The van der Waals surface area contributed by atoms with Crippen molar-refractivity contribution in [1.29, 1.82) is 0 Å². The van der Waals surface area contributed by atoms with Crippen molar-refractivity contribution in [3.8, 4) is 0 Å². The van der Waals surface area contributed by atoms with Gasteiger partial charge >= 0.3 is 0 Å². The molecule has 0 aromatic heterocycles. The van der Waals surface area contributed by atoms with Gasteiger partial charge in [0.05, 0.1) is 10.8 Å². The summed E-state index contributed by atoms with van der Waals surface area (Å²) in [6.45, 7) is 0.489. The number of carbonyl (C=O) groups excluding carboxylic acids is 1. The van der Waals surface area contributed by atoms with Gasteiger partial charge in [0.25, 0.3) is 0 Å². The van der Waals surface area contributed by atoms with Crippen molar-refractivity contribution in [1.82, 2.24) is 4.31 Å². The van der Waals surface area contributed by atoms with E-state index in [1.807, 2.05) is 0 Å². The lowest BCUT2D eigenvalue weighted by Crippen LogP contribution is -2.43. The summed E-state index contributed by atoms with van der Waals surface area (Å²) in [5, 5.41) is 4.05. The second-order valence-electron chi connectivity index (χ2n) is 6.30. The summed E-state index contributed by atoms with van der Waals surface area (Å²) in [6.07, 6.45) is 1.20. The van der Waals surface area contributed by atoms with Gasteiger partial charge in [-0.1, -0.05) is 34.8 Å². The number of piperidine rings is 1. The molecule has 1 heterocycles. The van der Waals surface area contributed by atoms with Gasteiger partial charge in [-0.3, -0.25) is 4.79 Å². The zero-order valence-electron chi connectivity index (χ0n) is 14.2. The summed E-state index contributed by atoms with van der Waals surface area (Å²) in [4.78, 5) is 12.8. The average Bonchev–Trinajstić information content (AvgIpc) is 2.61. The van der Waals surface area contributed by atoms with Crippen LogP contribution in [0.25, 0.3) is 0 Å². The van der Waals surface area contributed by atoms with Crippen molar-refractivity contribution in [3.05, 3.63) is 57.5 Å². The molecule has 1 N–H and O–H groups in total. The Balaban J connectivity index is 1.73. The lowest BCUT2D eigenvalue weighted by atomic mass is 9.99. The van der Waals surface area contributed by atoms with Crippen LogP contribution in [0.15, 0.2) is 47.4 Å². The van der Waals surface area contributed by atoms with Gasteiger partial charge in [-0.15, -0.1) is 0 Å². The van der Waals surface area contributed by atoms with Crippen molar-refractivity contribution >= 4 is 56.4 Å². The number of hydrogen-bond donors (Lipinski definition) is 1. The van der Waals surface area contributed by atoms with E-state index in [0.29, 0.717) is 40.1 Å². The SMILES string of the molecule is O=C(Nc1cc(Cl)cc(Cl)c1)C1CCCN(S(=O)(=O)c2ccc(Cl)cc2)C1. The lowest BCUT2D eigenvalue weighted by molar-refractivity contribution is -0.120. The minimum absolute atomic E-state index is 0.116. The van der Waals surface area contributed by atoms with E-state index in [-0.39, 0.29) is 17.3 Å². The van der Waals surface area contributed by atoms with Crippen LogP contribution >= 0.6 is 34.8 Å². The zero-order valence-corrected chi connectivity index (χ0v) is 17.2. The first-order valence-corrected chi connectivity index (χ1v) is 10.9. The van der Waals surface area contributed by atoms with E-state index in [1.54, 1.807) is 18.2 Å². The van der Waals surface area contributed by atoms with E-state index in [9.17, 15) is 13.2 Å². The number of halogens is 3. The molecule has 1 atom stereocenters. The van der Waals surface area contributed by atoms with Crippen LogP contribution in [-0.4, -0.2) is 31.7 Å². The fraction of sp³-hybridized carbons (Fsp3) is 0.278. The highest BCUT2D eigenvalue weighted by Crippen LogP contribution is 2.27. The maximum Gasteiger partial charge on any atom is 0.243 e. The lowest BCUT2D eigenvalue weighted by Gasteiger charge is -2.31. The van der Waals surface area contributed by atoms with E-state index >= 15 is 0 Å². The van der Waals surface area contributed by atoms with Gasteiger partial charge in [-0.2, -0.15) is 4.31 Å². The van der Waals surface area contributed by atoms with E-state index in [0.717, 1.165) is 0 Å². The van der Waals surface area contributed by atoms with Gasteiger partial charge in [-0.05, 0) is 55.3 Å². The number of carbonyl (C=O) groups is 1. The molecule has 2 aromatic rings. The number of anilines is 1.